The van der Waals surface area contributed by atoms with Gasteiger partial charge in [-0.25, -0.2) is 4.98 Å². The second-order valence-corrected chi connectivity index (χ2v) is 11.6. The third-order valence-electron chi connectivity index (χ3n) is 8.02. The van der Waals surface area contributed by atoms with Gasteiger partial charge >= 0.3 is 0 Å². The molecule has 1 N–H and O–H groups in total. The van der Waals surface area contributed by atoms with Gasteiger partial charge in [-0.05, 0) is 57.1 Å². The average Bonchev–Trinajstić information content (AvgIpc) is 3.41. The molecule has 2 aliphatic rings. The quantitative estimate of drug-likeness (QED) is 0.273. The molecule has 4 aromatic carbocycles. The van der Waals surface area contributed by atoms with E-state index >= 15 is 0 Å². The Morgan fingerprint density at radius 3 is 2.00 bits per heavy atom. The van der Waals surface area contributed by atoms with Crippen LogP contribution in [0.2, 0.25) is 0 Å². The Hall–Kier alpha value is -3.43. The van der Waals surface area contributed by atoms with Gasteiger partial charge in [-0.2, -0.15) is 0 Å². The van der Waals surface area contributed by atoms with Gasteiger partial charge in [0.1, 0.15) is 10.8 Å². The molecule has 0 spiro atoms. The van der Waals surface area contributed by atoms with Crippen molar-refractivity contribution in [2.45, 2.75) is 38.5 Å². The van der Waals surface area contributed by atoms with E-state index in [-0.39, 0.29) is 10.8 Å². The number of phenols is 1. The SMILES string of the molecule is CC1(C)c2ccccc2-c2cc3nc(-c4ccc5c(c4O)C(C)(C)c4ccccc4-5)sc3cc21. The van der Waals surface area contributed by atoms with E-state index in [2.05, 4.69) is 94.4 Å². The minimum atomic E-state index is -0.252. The molecule has 5 aromatic rings. The van der Waals surface area contributed by atoms with Crippen molar-refractivity contribution in [1.82, 2.24) is 4.98 Å². The van der Waals surface area contributed by atoms with Crippen LogP contribution in [0.15, 0.2) is 72.8 Å². The third kappa shape index (κ3) is 2.38. The lowest BCUT2D eigenvalue weighted by Gasteiger charge is -2.23. The van der Waals surface area contributed by atoms with Crippen LogP contribution < -0.4 is 0 Å². The monoisotopic (exact) mass is 459 g/mol. The fourth-order valence-corrected chi connectivity index (χ4v) is 7.27. The summed E-state index contributed by atoms with van der Waals surface area (Å²) >= 11 is 1.67. The van der Waals surface area contributed by atoms with Crippen molar-refractivity contribution < 1.29 is 5.11 Å². The van der Waals surface area contributed by atoms with Gasteiger partial charge in [0.25, 0.3) is 0 Å². The van der Waals surface area contributed by atoms with Crippen LogP contribution in [-0.4, -0.2) is 10.1 Å². The van der Waals surface area contributed by atoms with Crippen molar-refractivity contribution >= 4 is 21.6 Å². The van der Waals surface area contributed by atoms with Crippen LogP contribution in [-0.2, 0) is 10.8 Å². The van der Waals surface area contributed by atoms with E-state index in [1.807, 2.05) is 6.07 Å². The summed E-state index contributed by atoms with van der Waals surface area (Å²) in [4.78, 5) is 5.02. The number of aromatic nitrogens is 1. The van der Waals surface area contributed by atoms with Crippen molar-refractivity contribution in [3.63, 3.8) is 0 Å². The summed E-state index contributed by atoms with van der Waals surface area (Å²) in [6, 6.07) is 25.9. The molecule has 7 rings (SSSR count). The van der Waals surface area contributed by atoms with Gasteiger partial charge in [0.05, 0.1) is 15.8 Å². The lowest BCUT2D eigenvalue weighted by Crippen LogP contribution is -2.15. The maximum atomic E-state index is 11.5. The number of nitrogens with zero attached hydrogens (tertiary/aromatic N) is 1. The van der Waals surface area contributed by atoms with Gasteiger partial charge < -0.3 is 5.11 Å². The number of aromatic hydroxyl groups is 1. The zero-order valence-electron chi connectivity index (χ0n) is 19.7. The van der Waals surface area contributed by atoms with E-state index in [1.165, 1.54) is 33.4 Å². The first-order valence-electron chi connectivity index (χ1n) is 11.8. The zero-order valence-corrected chi connectivity index (χ0v) is 20.5. The Bertz CT molecular complexity index is 1670. The van der Waals surface area contributed by atoms with Crippen molar-refractivity contribution in [3.8, 4) is 38.6 Å². The highest BCUT2D eigenvalue weighted by molar-refractivity contribution is 7.21. The molecule has 0 saturated carbocycles. The van der Waals surface area contributed by atoms with E-state index in [4.69, 9.17) is 4.98 Å². The standard InChI is InChI=1S/C31H25NOS/c1-30(2)22-11-7-6-10-18(22)21-15-25-26(16-24(21)30)34-29(32-25)20-14-13-19-17-9-5-8-12-23(17)31(3,4)27(19)28(20)33/h5-16,33H,1-4H3. The first kappa shape index (κ1) is 20.0. The van der Waals surface area contributed by atoms with Crippen LogP contribution in [0.1, 0.15) is 49.9 Å². The molecule has 0 unspecified atom stereocenters. The summed E-state index contributed by atoms with van der Waals surface area (Å²) < 4.78 is 1.16. The van der Waals surface area contributed by atoms with Crippen LogP contribution in [0.4, 0.5) is 0 Å². The molecule has 2 nitrogen and oxygen atoms in total. The number of fused-ring (bicyclic) bond motifs is 7. The van der Waals surface area contributed by atoms with Gasteiger partial charge in [0, 0.05) is 16.4 Å². The number of phenolic OH excluding ortho intramolecular Hbond substituents is 1. The fraction of sp³-hybridized carbons (Fsp3) is 0.194. The van der Waals surface area contributed by atoms with E-state index in [1.54, 1.807) is 11.3 Å². The van der Waals surface area contributed by atoms with Crippen LogP contribution in [0.5, 0.6) is 5.75 Å². The fourth-order valence-electron chi connectivity index (χ4n) is 6.26. The van der Waals surface area contributed by atoms with E-state index in [9.17, 15) is 5.11 Å². The Morgan fingerprint density at radius 2 is 1.26 bits per heavy atom. The highest BCUT2D eigenvalue weighted by Crippen LogP contribution is 2.55. The molecular formula is C31H25NOS. The summed E-state index contributed by atoms with van der Waals surface area (Å²) in [5, 5.41) is 12.4. The van der Waals surface area contributed by atoms with Crippen molar-refractivity contribution in [2.24, 2.45) is 0 Å². The van der Waals surface area contributed by atoms with Crippen LogP contribution in [0.3, 0.4) is 0 Å². The van der Waals surface area contributed by atoms with Gasteiger partial charge in [-0.15, -0.1) is 11.3 Å². The lowest BCUT2D eigenvalue weighted by atomic mass is 9.81. The van der Waals surface area contributed by atoms with Crippen LogP contribution in [0.25, 0.3) is 43.0 Å². The Kier molecular flexibility index (Phi) is 3.74. The smallest absolute Gasteiger partial charge is 0.130 e. The van der Waals surface area contributed by atoms with Gasteiger partial charge in [0.2, 0.25) is 0 Å². The molecule has 2 aliphatic carbocycles. The maximum absolute atomic E-state index is 11.5. The van der Waals surface area contributed by atoms with Crippen molar-refractivity contribution in [1.29, 1.82) is 0 Å². The number of hydrogen-bond acceptors (Lipinski definition) is 3. The largest absolute Gasteiger partial charge is 0.507 e. The molecule has 166 valence electrons. The minimum absolute atomic E-state index is 0.0320. The molecule has 1 aromatic heterocycles. The van der Waals surface area contributed by atoms with Crippen LogP contribution in [0, 0.1) is 0 Å². The van der Waals surface area contributed by atoms with E-state index in [0.29, 0.717) is 5.75 Å². The maximum Gasteiger partial charge on any atom is 0.130 e. The second kappa shape index (κ2) is 6.37. The number of hydrogen-bond donors (Lipinski definition) is 1. The van der Waals surface area contributed by atoms with Crippen LogP contribution >= 0.6 is 11.3 Å². The molecule has 0 atom stereocenters. The topological polar surface area (TPSA) is 33.1 Å². The molecule has 0 fully saturated rings. The molecule has 34 heavy (non-hydrogen) atoms. The van der Waals surface area contributed by atoms with Crippen molar-refractivity contribution in [2.75, 3.05) is 0 Å². The third-order valence-corrected chi connectivity index (χ3v) is 9.07. The average molecular weight is 460 g/mol. The first-order chi connectivity index (χ1) is 16.3. The lowest BCUT2D eigenvalue weighted by molar-refractivity contribution is 0.458. The molecule has 0 amide bonds. The summed E-state index contributed by atoms with van der Waals surface area (Å²) in [7, 11) is 0. The first-order valence-corrected chi connectivity index (χ1v) is 12.6. The molecule has 0 radical (unpaired) electrons. The zero-order chi connectivity index (χ0) is 23.4. The predicted octanol–water partition coefficient (Wildman–Crippen LogP) is 8.28. The Labute approximate surface area is 203 Å². The molecule has 0 saturated heterocycles. The minimum Gasteiger partial charge on any atom is -0.507 e. The molecule has 1 heterocycles. The molecule has 3 heteroatoms. The summed E-state index contributed by atoms with van der Waals surface area (Å²) in [6.45, 7) is 9.00. The number of benzene rings is 4. The molecule has 0 aliphatic heterocycles. The molecular weight excluding hydrogens is 434 g/mol. The highest BCUT2D eigenvalue weighted by atomic mass is 32.1. The normalized spacial score (nSPS) is 16.2. The van der Waals surface area contributed by atoms with Gasteiger partial charge in [0.15, 0.2) is 0 Å². The Balaban J connectivity index is 1.42. The van der Waals surface area contributed by atoms with Gasteiger partial charge in [-0.1, -0.05) is 82.3 Å². The summed E-state index contributed by atoms with van der Waals surface area (Å²) in [5.41, 5.74) is 11.4. The Morgan fingerprint density at radius 1 is 0.647 bits per heavy atom. The summed E-state index contributed by atoms with van der Waals surface area (Å²) in [6.07, 6.45) is 0. The number of thiazole rings is 1. The van der Waals surface area contributed by atoms with Crippen molar-refractivity contribution in [3.05, 3.63) is 95.1 Å². The summed E-state index contributed by atoms with van der Waals surface area (Å²) in [5.74, 6) is 0.357. The second-order valence-electron chi connectivity index (χ2n) is 10.6. The highest BCUT2D eigenvalue weighted by Gasteiger charge is 2.39. The van der Waals surface area contributed by atoms with E-state index < -0.39 is 0 Å². The van der Waals surface area contributed by atoms with E-state index in [0.717, 1.165) is 31.9 Å². The van der Waals surface area contributed by atoms with Gasteiger partial charge in [-0.3, -0.25) is 0 Å². The number of rotatable bonds is 1. The predicted molar refractivity (Wildman–Crippen MR) is 142 cm³/mol. The molecule has 0 bridgehead atoms.